The molecular formula is C21H25NO4. The second kappa shape index (κ2) is 10.2. The predicted molar refractivity (Wildman–Crippen MR) is 102 cm³/mol. The molecule has 0 aromatic heterocycles. The van der Waals surface area contributed by atoms with E-state index in [1.54, 1.807) is 42.5 Å². The summed E-state index contributed by atoms with van der Waals surface area (Å²) in [4.78, 5) is 24.0. The van der Waals surface area contributed by atoms with E-state index in [2.05, 4.69) is 17.0 Å². The van der Waals surface area contributed by atoms with Crippen molar-refractivity contribution >= 4 is 17.6 Å². The first-order valence-electron chi connectivity index (χ1n) is 8.87. The van der Waals surface area contributed by atoms with Crippen molar-refractivity contribution in [1.82, 2.24) is 0 Å². The molecule has 138 valence electrons. The highest BCUT2D eigenvalue weighted by molar-refractivity contribution is 6.06. The molecule has 0 heterocycles. The minimum atomic E-state index is -0.412. The molecule has 0 saturated carbocycles. The average molecular weight is 355 g/mol. The van der Waals surface area contributed by atoms with Gasteiger partial charge in [0.05, 0.1) is 24.8 Å². The summed E-state index contributed by atoms with van der Waals surface area (Å²) >= 11 is 0. The van der Waals surface area contributed by atoms with Crippen molar-refractivity contribution in [1.29, 1.82) is 0 Å². The Morgan fingerprint density at radius 2 is 1.69 bits per heavy atom. The molecule has 0 unspecified atom stereocenters. The van der Waals surface area contributed by atoms with Crippen LogP contribution in [0.25, 0.3) is 0 Å². The molecule has 0 spiro atoms. The van der Waals surface area contributed by atoms with Gasteiger partial charge in [-0.2, -0.15) is 0 Å². The lowest BCUT2D eigenvalue weighted by atomic mass is 10.1. The third kappa shape index (κ3) is 5.62. The van der Waals surface area contributed by atoms with Gasteiger partial charge in [-0.05, 0) is 42.8 Å². The van der Waals surface area contributed by atoms with Gasteiger partial charge < -0.3 is 14.8 Å². The van der Waals surface area contributed by atoms with Gasteiger partial charge in [-0.15, -0.1) is 0 Å². The third-order valence-electron chi connectivity index (χ3n) is 3.95. The fourth-order valence-electron chi connectivity index (χ4n) is 2.50. The maximum absolute atomic E-state index is 12.6. The molecule has 0 aliphatic heterocycles. The van der Waals surface area contributed by atoms with Gasteiger partial charge >= 0.3 is 5.97 Å². The number of hydrogen-bond donors (Lipinski definition) is 1. The molecule has 5 nitrogen and oxygen atoms in total. The third-order valence-corrected chi connectivity index (χ3v) is 3.95. The predicted octanol–water partition coefficient (Wildman–Crippen LogP) is 4.68. The zero-order chi connectivity index (χ0) is 18.8. The van der Waals surface area contributed by atoms with Crippen LogP contribution in [0.2, 0.25) is 0 Å². The first-order valence-corrected chi connectivity index (χ1v) is 8.87. The van der Waals surface area contributed by atoms with Gasteiger partial charge in [0.15, 0.2) is 0 Å². The number of nitrogens with one attached hydrogen (secondary N) is 1. The number of hydrogen-bond acceptors (Lipinski definition) is 4. The first kappa shape index (κ1) is 19.5. The van der Waals surface area contributed by atoms with Crippen molar-refractivity contribution in [3.63, 3.8) is 0 Å². The number of anilines is 1. The lowest BCUT2D eigenvalue weighted by molar-refractivity contribution is 0.0600. The summed E-state index contributed by atoms with van der Waals surface area (Å²) in [5.41, 5.74) is 1.52. The smallest absolute Gasteiger partial charge is 0.337 e. The van der Waals surface area contributed by atoms with Gasteiger partial charge in [0.1, 0.15) is 5.75 Å². The zero-order valence-electron chi connectivity index (χ0n) is 15.3. The Bertz CT molecular complexity index is 725. The van der Waals surface area contributed by atoms with E-state index in [0.29, 0.717) is 29.2 Å². The number of methoxy groups -OCH3 is 1. The van der Waals surface area contributed by atoms with E-state index in [9.17, 15) is 9.59 Å². The Morgan fingerprint density at radius 1 is 0.962 bits per heavy atom. The van der Waals surface area contributed by atoms with Crippen LogP contribution in [0.5, 0.6) is 5.75 Å². The summed E-state index contributed by atoms with van der Waals surface area (Å²) in [6, 6.07) is 13.7. The van der Waals surface area contributed by atoms with Crippen LogP contribution in [-0.2, 0) is 4.74 Å². The molecule has 0 bridgehead atoms. The first-order chi connectivity index (χ1) is 12.7. The number of carbonyl (C=O) groups excluding carboxylic acids is 2. The molecule has 1 amide bonds. The van der Waals surface area contributed by atoms with E-state index in [1.165, 1.54) is 20.0 Å². The van der Waals surface area contributed by atoms with Crippen LogP contribution >= 0.6 is 0 Å². The number of para-hydroxylation sites is 1. The van der Waals surface area contributed by atoms with Gasteiger partial charge in [-0.25, -0.2) is 4.79 Å². The molecule has 0 aliphatic rings. The van der Waals surface area contributed by atoms with Crippen molar-refractivity contribution in [2.24, 2.45) is 0 Å². The molecule has 0 fully saturated rings. The fraction of sp³-hybridized carbons (Fsp3) is 0.333. The summed E-state index contributed by atoms with van der Waals surface area (Å²) in [6.45, 7) is 2.76. The monoisotopic (exact) mass is 355 g/mol. The SMILES string of the molecule is CCCCCCOc1ccccc1C(=O)Nc1ccc(C(=O)OC)cc1. The van der Waals surface area contributed by atoms with Crippen molar-refractivity contribution in [2.45, 2.75) is 32.6 Å². The maximum atomic E-state index is 12.6. The van der Waals surface area contributed by atoms with E-state index in [-0.39, 0.29) is 5.91 Å². The van der Waals surface area contributed by atoms with Crippen molar-refractivity contribution in [3.8, 4) is 5.75 Å². The van der Waals surface area contributed by atoms with E-state index < -0.39 is 5.97 Å². The maximum Gasteiger partial charge on any atom is 0.337 e. The number of benzene rings is 2. The number of unbranched alkanes of at least 4 members (excludes halogenated alkanes) is 3. The minimum Gasteiger partial charge on any atom is -0.493 e. The van der Waals surface area contributed by atoms with Crippen LogP contribution in [0.3, 0.4) is 0 Å². The fourth-order valence-corrected chi connectivity index (χ4v) is 2.50. The van der Waals surface area contributed by atoms with Crippen LogP contribution in [0.15, 0.2) is 48.5 Å². The second-order valence-corrected chi connectivity index (χ2v) is 5.93. The van der Waals surface area contributed by atoms with Crippen molar-refractivity contribution in [2.75, 3.05) is 19.0 Å². The van der Waals surface area contributed by atoms with Crippen LogP contribution in [0.1, 0.15) is 53.3 Å². The summed E-state index contributed by atoms with van der Waals surface area (Å²) < 4.78 is 10.4. The van der Waals surface area contributed by atoms with E-state index >= 15 is 0 Å². The lowest BCUT2D eigenvalue weighted by Gasteiger charge is -2.12. The van der Waals surface area contributed by atoms with Crippen LogP contribution in [-0.4, -0.2) is 25.6 Å². The molecular weight excluding hydrogens is 330 g/mol. The Morgan fingerprint density at radius 3 is 2.38 bits per heavy atom. The summed E-state index contributed by atoms with van der Waals surface area (Å²) in [5.74, 6) is -0.0858. The number of ether oxygens (including phenoxy) is 2. The highest BCUT2D eigenvalue weighted by atomic mass is 16.5. The van der Waals surface area contributed by atoms with Crippen molar-refractivity contribution < 1.29 is 19.1 Å². The number of amides is 1. The molecule has 2 rings (SSSR count). The Labute approximate surface area is 154 Å². The molecule has 2 aromatic rings. The average Bonchev–Trinajstić information content (AvgIpc) is 2.68. The Hall–Kier alpha value is -2.82. The van der Waals surface area contributed by atoms with Gasteiger partial charge in [-0.3, -0.25) is 4.79 Å². The Kier molecular flexibility index (Phi) is 7.68. The van der Waals surface area contributed by atoms with E-state index in [4.69, 9.17) is 4.74 Å². The molecule has 0 aliphatic carbocycles. The Balaban J connectivity index is 1.99. The quantitative estimate of drug-likeness (QED) is 0.524. The summed E-state index contributed by atoms with van der Waals surface area (Å²) in [5, 5.41) is 2.82. The normalized spacial score (nSPS) is 10.2. The molecule has 0 saturated heterocycles. The van der Waals surface area contributed by atoms with Gasteiger partial charge in [0.25, 0.3) is 5.91 Å². The van der Waals surface area contributed by atoms with Crippen molar-refractivity contribution in [3.05, 3.63) is 59.7 Å². The molecule has 0 atom stereocenters. The zero-order valence-corrected chi connectivity index (χ0v) is 15.3. The van der Waals surface area contributed by atoms with Crippen LogP contribution < -0.4 is 10.1 Å². The lowest BCUT2D eigenvalue weighted by Crippen LogP contribution is -2.14. The van der Waals surface area contributed by atoms with E-state index in [1.807, 2.05) is 6.07 Å². The van der Waals surface area contributed by atoms with Crippen LogP contribution in [0, 0.1) is 0 Å². The largest absolute Gasteiger partial charge is 0.493 e. The highest BCUT2D eigenvalue weighted by Gasteiger charge is 2.13. The summed E-state index contributed by atoms with van der Waals surface area (Å²) in [6.07, 6.45) is 4.46. The number of carbonyl (C=O) groups is 2. The molecule has 26 heavy (non-hydrogen) atoms. The van der Waals surface area contributed by atoms with Gasteiger partial charge in [0, 0.05) is 5.69 Å². The van der Waals surface area contributed by atoms with Crippen LogP contribution in [0.4, 0.5) is 5.69 Å². The molecule has 1 N–H and O–H groups in total. The molecule has 0 radical (unpaired) electrons. The minimum absolute atomic E-state index is 0.250. The van der Waals surface area contributed by atoms with E-state index in [0.717, 1.165) is 12.8 Å². The topological polar surface area (TPSA) is 64.6 Å². The van der Waals surface area contributed by atoms with Gasteiger partial charge in [0.2, 0.25) is 0 Å². The number of rotatable bonds is 9. The second-order valence-electron chi connectivity index (χ2n) is 5.93. The number of esters is 1. The molecule has 2 aromatic carbocycles. The highest BCUT2D eigenvalue weighted by Crippen LogP contribution is 2.20. The summed E-state index contributed by atoms with van der Waals surface area (Å²) in [7, 11) is 1.33. The van der Waals surface area contributed by atoms with Gasteiger partial charge in [-0.1, -0.05) is 38.3 Å². The standard InChI is InChI=1S/C21H25NO4/c1-3-4-5-8-15-26-19-10-7-6-9-18(19)20(23)22-17-13-11-16(12-14-17)21(24)25-2/h6-7,9-14H,3-5,8,15H2,1-2H3,(H,22,23). The molecule has 5 heteroatoms.